The number of carbonyl (C=O) groups is 4. The van der Waals surface area contributed by atoms with Crippen molar-refractivity contribution in [3.63, 3.8) is 0 Å². The van der Waals surface area contributed by atoms with E-state index in [2.05, 4.69) is 10.1 Å². The van der Waals surface area contributed by atoms with Gasteiger partial charge < -0.3 is 175 Å². The molecule has 6 aliphatic heterocycles. The Labute approximate surface area is 478 Å². The Balaban J connectivity index is 1.39. The van der Waals surface area contributed by atoms with Crippen molar-refractivity contribution in [2.75, 3.05) is 39.6 Å². The van der Waals surface area contributed by atoms with Gasteiger partial charge in [0.15, 0.2) is 25.2 Å². The summed E-state index contributed by atoms with van der Waals surface area (Å²) in [6, 6.07) is -2.11. The fourth-order valence-corrected chi connectivity index (χ4v) is 10.5. The molecule has 6 fully saturated rings. The molecule has 1 amide bonds. The molecule has 23 N–H and O–H groups in total. The Morgan fingerprint density at radius 2 is 0.918 bits per heavy atom. The minimum Gasteiger partial charge on any atom is -0.477 e. The first kappa shape index (κ1) is 70.7. The van der Waals surface area contributed by atoms with E-state index >= 15 is 0 Å². The fourth-order valence-electron chi connectivity index (χ4n) is 10.5. The third-order valence-corrected chi connectivity index (χ3v) is 15.0. The molecule has 0 unspecified atom stereocenters. The zero-order valence-corrected chi connectivity index (χ0v) is 44.8. The number of nitrogens with one attached hydrogen (secondary N) is 1. The maximum atomic E-state index is 13.4. The van der Waals surface area contributed by atoms with E-state index < -0.39 is 272 Å². The average molecular weight is 1250 g/mol. The summed E-state index contributed by atoms with van der Waals surface area (Å²) in [5.74, 6) is -13.2. The molecule has 0 aliphatic carbocycles. The van der Waals surface area contributed by atoms with Crippen molar-refractivity contribution < 1.29 is 188 Å². The SMILES string of the molecule is CC(=O)N[C@H]1[C@H](O[C@@H]2[C@H](O[C@]3(C(=O)O)C[C@H](O)[C@@H](O)[C@H]([C@H](O)[C@H](O)CO)O3)[C@@H](O)[C@H](O[C@H]3[C@H](O)[C@@H](O)[C@H](O)O[C@@H]3CO)O[C@@H]2CO)O[C@H](CO)[C@H](O)[C@@H]1O[C@@H]1O[C@H](CO)[C@H](O)[C@H](O[C@]2(C(=O)O)C[C@H](O)[C@@H](O)[C@H]([C@H](O)[C@H](O)COC(C)=O)O2)[C@H]1O. The third kappa shape index (κ3) is 15.1. The molecule has 32 atom stereocenters. The van der Waals surface area contributed by atoms with Crippen molar-refractivity contribution in [2.24, 2.45) is 0 Å². The van der Waals surface area contributed by atoms with Gasteiger partial charge >= 0.3 is 17.9 Å². The van der Waals surface area contributed by atoms with Crippen molar-refractivity contribution in [1.82, 2.24) is 5.32 Å². The zero-order chi connectivity index (χ0) is 63.5. The third-order valence-electron chi connectivity index (χ3n) is 15.0. The van der Waals surface area contributed by atoms with Crippen LogP contribution in [0.15, 0.2) is 0 Å². The summed E-state index contributed by atoms with van der Waals surface area (Å²) in [6.45, 7) is -5.27. The lowest BCUT2D eigenvalue weighted by Crippen LogP contribution is -2.72. The number of carbonyl (C=O) groups excluding carboxylic acids is 2. The van der Waals surface area contributed by atoms with Gasteiger partial charge in [-0.1, -0.05) is 0 Å². The van der Waals surface area contributed by atoms with Crippen LogP contribution in [-0.4, -0.2) is 371 Å². The van der Waals surface area contributed by atoms with Crippen molar-refractivity contribution in [3.05, 3.63) is 0 Å². The summed E-state index contributed by atoms with van der Waals surface area (Å²) < 4.78 is 67.5. The predicted octanol–water partition coefficient (Wildman–Crippen LogP) is -15.0. The lowest BCUT2D eigenvalue weighted by atomic mass is 9.90. The molecule has 492 valence electrons. The van der Waals surface area contributed by atoms with Gasteiger partial charge in [0.25, 0.3) is 11.6 Å². The molecule has 6 heterocycles. The van der Waals surface area contributed by atoms with Crippen molar-refractivity contribution in [3.8, 4) is 0 Å². The normalized spacial score (nSPS) is 45.9. The molecule has 0 aromatic heterocycles. The monoisotopic (exact) mass is 1250 g/mol. The number of ether oxygens (including phenoxy) is 12. The fraction of sp³-hybridized carbons (Fsp3) is 0.913. The number of carboxylic acid groups (broad SMARTS) is 2. The second-order valence-electron chi connectivity index (χ2n) is 21.0. The van der Waals surface area contributed by atoms with Crippen LogP contribution in [0, 0.1) is 0 Å². The number of aliphatic hydroxyl groups is 20. The van der Waals surface area contributed by atoms with Crippen LogP contribution in [0.25, 0.3) is 0 Å². The van der Waals surface area contributed by atoms with Crippen molar-refractivity contribution in [2.45, 2.75) is 222 Å². The Morgan fingerprint density at radius 3 is 1.39 bits per heavy atom. The van der Waals surface area contributed by atoms with E-state index in [-0.39, 0.29) is 0 Å². The molecule has 6 saturated heterocycles. The van der Waals surface area contributed by atoms with Crippen LogP contribution in [0.2, 0.25) is 0 Å². The Hall–Kier alpha value is -3.36. The van der Waals surface area contributed by atoms with Gasteiger partial charge in [-0.15, -0.1) is 0 Å². The van der Waals surface area contributed by atoms with E-state index in [1.54, 1.807) is 0 Å². The highest BCUT2D eigenvalue weighted by atomic mass is 16.8. The first-order valence-electron chi connectivity index (χ1n) is 26.3. The van der Waals surface area contributed by atoms with E-state index in [0.717, 1.165) is 13.8 Å². The minimum atomic E-state index is -3.44. The van der Waals surface area contributed by atoms with Crippen LogP contribution in [0.4, 0.5) is 0 Å². The van der Waals surface area contributed by atoms with Crippen LogP contribution in [0.3, 0.4) is 0 Å². The molecule has 0 radical (unpaired) electrons. The predicted molar refractivity (Wildman–Crippen MR) is 255 cm³/mol. The molecule has 0 saturated carbocycles. The molecular formula is C46H75NO38. The van der Waals surface area contributed by atoms with E-state index in [9.17, 15) is 132 Å². The molecular weight excluding hydrogens is 1170 g/mol. The van der Waals surface area contributed by atoms with E-state index in [4.69, 9.17) is 52.1 Å². The Morgan fingerprint density at radius 1 is 0.494 bits per heavy atom. The number of aliphatic carboxylic acids is 2. The van der Waals surface area contributed by atoms with E-state index in [0.29, 0.717) is 0 Å². The molecule has 85 heavy (non-hydrogen) atoms. The highest BCUT2D eigenvalue weighted by Gasteiger charge is 2.63. The number of carboxylic acids is 2. The van der Waals surface area contributed by atoms with Crippen LogP contribution in [0.1, 0.15) is 26.7 Å². The van der Waals surface area contributed by atoms with Gasteiger partial charge in [-0.05, 0) is 0 Å². The average Bonchev–Trinajstić information content (AvgIpc) is 1.62. The topological polar surface area (TPSA) is 636 Å². The molecule has 39 nitrogen and oxygen atoms in total. The van der Waals surface area contributed by atoms with Crippen molar-refractivity contribution >= 4 is 23.8 Å². The van der Waals surface area contributed by atoms with E-state index in [1.807, 2.05) is 0 Å². The summed E-state index contributed by atoms with van der Waals surface area (Å²) in [5.41, 5.74) is 0. The minimum absolute atomic E-state index is 0.860. The Bertz CT molecular complexity index is 2190. The van der Waals surface area contributed by atoms with Gasteiger partial charge in [0.05, 0.1) is 45.2 Å². The van der Waals surface area contributed by atoms with E-state index in [1.165, 1.54) is 0 Å². The van der Waals surface area contributed by atoms with Crippen LogP contribution in [-0.2, 0) is 76.0 Å². The largest absolute Gasteiger partial charge is 0.477 e. The van der Waals surface area contributed by atoms with Crippen LogP contribution >= 0.6 is 0 Å². The lowest BCUT2D eigenvalue weighted by Gasteiger charge is -2.52. The molecule has 6 rings (SSSR count). The van der Waals surface area contributed by atoms with Crippen LogP contribution < -0.4 is 5.32 Å². The van der Waals surface area contributed by atoms with Crippen molar-refractivity contribution in [1.29, 1.82) is 0 Å². The standard InChI is InChI=1S/C46H75NO38/c1-11(53)47-21-34(81-41-30(67)37(27(64)18(7-50)77-41)84-45(43(70)71)3-13(55)23(60)36(83-45)25(62)16(58)10-74-12(2)54)26(63)17(6-49)76-40(21)80-33-20(9-52)78-42(79-32-19(8-51)75-39(69)29(66)28(32)65)31(68)38(33)85-46(44(72)73)4-14(56)22(59)35(82-46)24(61)15(57)5-48/h13-42,48-52,55-69H,3-10H2,1-2H3,(H,47,53)(H,70,71)(H,72,73)/t13-,14-,15+,16+,17+,18+,19+,20+,21+,22+,23+,24+,25+,26-,27-,28+,29+,30+,31+,32+,33-,34+,35+,36+,37-,38+,39+,40-,41-,42-,45-,46-/m0/s1. The second kappa shape index (κ2) is 29.5. The highest BCUT2D eigenvalue weighted by molar-refractivity contribution is 5.76. The molecule has 0 aromatic rings. The maximum Gasteiger partial charge on any atom is 0.364 e. The molecule has 39 heteroatoms. The summed E-state index contributed by atoms with van der Waals surface area (Å²) in [6.07, 6.45) is -68.1. The van der Waals surface area contributed by atoms with Gasteiger partial charge in [0.1, 0.15) is 153 Å². The summed E-state index contributed by atoms with van der Waals surface area (Å²) in [7, 11) is 0. The summed E-state index contributed by atoms with van der Waals surface area (Å²) >= 11 is 0. The summed E-state index contributed by atoms with van der Waals surface area (Å²) in [4.78, 5) is 50.9. The smallest absolute Gasteiger partial charge is 0.364 e. The van der Waals surface area contributed by atoms with Gasteiger partial charge in [-0.25, -0.2) is 9.59 Å². The molecule has 0 aromatic carbocycles. The van der Waals surface area contributed by atoms with Gasteiger partial charge in [-0.2, -0.15) is 0 Å². The first-order valence-corrected chi connectivity index (χ1v) is 26.3. The molecule has 0 bridgehead atoms. The van der Waals surface area contributed by atoms with Gasteiger partial charge in [0, 0.05) is 26.7 Å². The van der Waals surface area contributed by atoms with Gasteiger partial charge in [0.2, 0.25) is 5.91 Å². The number of aliphatic hydroxyl groups excluding tert-OH is 20. The Kier molecular flexibility index (Phi) is 24.6. The number of rotatable bonds is 24. The first-order chi connectivity index (χ1) is 39.9. The number of hydrogen-bond acceptors (Lipinski definition) is 36. The number of esters is 1. The van der Waals surface area contributed by atoms with Crippen LogP contribution in [0.5, 0.6) is 0 Å². The second-order valence-corrected chi connectivity index (χ2v) is 21.0. The molecule has 0 spiro atoms. The number of amides is 1. The van der Waals surface area contributed by atoms with Gasteiger partial charge in [-0.3, -0.25) is 9.59 Å². The quantitative estimate of drug-likeness (QED) is 0.0399. The number of hydrogen-bond donors (Lipinski definition) is 23. The lowest BCUT2D eigenvalue weighted by molar-refractivity contribution is -0.407. The maximum absolute atomic E-state index is 13.4. The highest BCUT2D eigenvalue weighted by Crippen LogP contribution is 2.42. The zero-order valence-electron chi connectivity index (χ0n) is 44.8. The summed E-state index contributed by atoms with van der Waals surface area (Å²) in [5, 5.41) is 240. The molecule has 6 aliphatic rings.